The number of hydrogen-bond donors (Lipinski definition) is 0. The molecule has 2 aromatic rings. The zero-order valence-corrected chi connectivity index (χ0v) is 16.0. The fraction of sp³-hybridized carbons (Fsp3) is 0.667. The molecule has 0 atom stereocenters. The summed E-state index contributed by atoms with van der Waals surface area (Å²) in [6.45, 7) is 18.6. The average Bonchev–Trinajstić information content (AvgIpc) is 2.69. The van der Waals surface area contributed by atoms with Gasteiger partial charge in [0.2, 0.25) is 0 Å². The van der Waals surface area contributed by atoms with E-state index in [1.165, 1.54) is 11.3 Å². The zero-order valence-electron chi connectivity index (χ0n) is 15.2. The first-order chi connectivity index (χ1) is 9.73. The lowest BCUT2D eigenvalue weighted by Gasteiger charge is -2.29. The second kappa shape index (κ2) is 4.98. The van der Waals surface area contributed by atoms with Gasteiger partial charge in [0.15, 0.2) is 5.82 Å². The van der Waals surface area contributed by atoms with Crippen molar-refractivity contribution in [3.05, 3.63) is 22.1 Å². The van der Waals surface area contributed by atoms with Crippen molar-refractivity contribution in [2.24, 2.45) is 0 Å². The van der Waals surface area contributed by atoms with Gasteiger partial charge in [-0.3, -0.25) is 0 Å². The monoisotopic (exact) mass is 322 g/mol. The summed E-state index contributed by atoms with van der Waals surface area (Å²) in [5.74, 6) is -0.200. The Labute approximate surface area is 137 Å². The maximum absolute atomic E-state index is 15.3. The molecular formula is C18H27FN2S. The molecule has 0 fully saturated rings. The molecule has 0 aliphatic carbocycles. The Morgan fingerprint density at radius 1 is 0.773 bits per heavy atom. The van der Waals surface area contributed by atoms with Crippen LogP contribution < -0.4 is 0 Å². The van der Waals surface area contributed by atoms with Gasteiger partial charge in [0, 0.05) is 16.4 Å². The van der Waals surface area contributed by atoms with E-state index in [2.05, 4.69) is 46.5 Å². The number of aromatic nitrogens is 2. The number of rotatable bonds is 0. The van der Waals surface area contributed by atoms with E-state index in [1.54, 1.807) is 0 Å². The van der Waals surface area contributed by atoms with Crippen LogP contribution in [-0.4, -0.2) is 9.97 Å². The maximum Gasteiger partial charge on any atom is 0.157 e. The Morgan fingerprint density at radius 3 is 1.73 bits per heavy atom. The Balaban J connectivity index is 2.90. The molecule has 0 spiro atoms. The molecule has 2 rings (SSSR count). The lowest BCUT2D eigenvalue weighted by molar-refractivity contribution is 0.480. The number of hydrogen-bond acceptors (Lipinski definition) is 3. The first-order valence-electron chi connectivity index (χ1n) is 7.74. The van der Waals surface area contributed by atoms with Gasteiger partial charge >= 0.3 is 0 Å². The van der Waals surface area contributed by atoms with Crippen LogP contribution in [0.2, 0.25) is 0 Å². The molecule has 0 saturated carbocycles. The Kier molecular flexibility index (Phi) is 3.93. The molecule has 2 heterocycles. The predicted octanol–water partition coefficient (Wildman–Crippen LogP) is 5.72. The van der Waals surface area contributed by atoms with E-state index in [0.29, 0.717) is 15.9 Å². The summed E-state index contributed by atoms with van der Waals surface area (Å²) in [7, 11) is 0. The Morgan fingerprint density at radius 2 is 1.32 bits per heavy atom. The van der Waals surface area contributed by atoms with Crippen molar-refractivity contribution in [3.63, 3.8) is 0 Å². The van der Waals surface area contributed by atoms with Crippen LogP contribution in [0.25, 0.3) is 10.3 Å². The van der Waals surface area contributed by atoms with Crippen LogP contribution in [0.15, 0.2) is 0 Å². The minimum absolute atomic E-state index is 0.0956. The largest absolute Gasteiger partial charge is 0.239 e. The van der Waals surface area contributed by atoms with E-state index in [9.17, 15) is 0 Å². The third-order valence-electron chi connectivity index (χ3n) is 3.59. The van der Waals surface area contributed by atoms with Crippen molar-refractivity contribution in [2.75, 3.05) is 0 Å². The van der Waals surface area contributed by atoms with Gasteiger partial charge in [0.25, 0.3) is 0 Å². The van der Waals surface area contributed by atoms with Gasteiger partial charge in [-0.2, -0.15) is 0 Å². The summed E-state index contributed by atoms with van der Waals surface area (Å²) in [4.78, 5) is 10.1. The van der Waals surface area contributed by atoms with E-state index >= 15 is 4.39 Å². The Bertz CT molecular complexity index is 710. The fourth-order valence-corrected chi connectivity index (χ4v) is 3.45. The van der Waals surface area contributed by atoms with Crippen LogP contribution in [0, 0.1) is 5.82 Å². The van der Waals surface area contributed by atoms with Crippen molar-refractivity contribution in [2.45, 2.75) is 78.6 Å². The van der Waals surface area contributed by atoms with Gasteiger partial charge in [-0.05, 0) is 5.41 Å². The predicted molar refractivity (Wildman–Crippen MR) is 93.5 cm³/mol. The van der Waals surface area contributed by atoms with Gasteiger partial charge in [-0.1, -0.05) is 73.7 Å². The number of halogens is 1. The topological polar surface area (TPSA) is 25.8 Å². The molecule has 0 N–H and O–H groups in total. The summed E-state index contributed by atoms with van der Waals surface area (Å²) >= 11 is 1.51. The van der Waals surface area contributed by atoms with Crippen LogP contribution in [-0.2, 0) is 16.2 Å². The second-order valence-electron chi connectivity index (χ2n) is 9.07. The van der Waals surface area contributed by atoms with E-state index < -0.39 is 0 Å². The molecule has 0 aliphatic heterocycles. The molecule has 0 radical (unpaired) electrons. The lowest BCUT2D eigenvalue weighted by Crippen LogP contribution is -2.25. The standard InChI is InChI=1S/C18H27FN2S/c1-16(2,3)10-11(19)12-14(21-13(10)17(4,5)6)22-15(20-12)18(7,8)9/h1-9H3. The molecule has 0 bridgehead atoms. The summed E-state index contributed by atoms with van der Waals surface area (Å²) in [6, 6.07) is 0. The highest BCUT2D eigenvalue weighted by molar-refractivity contribution is 7.18. The van der Waals surface area contributed by atoms with Crippen molar-refractivity contribution >= 4 is 21.7 Å². The summed E-state index contributed by atoms with van der Waals surface area (Å²) in [5, 5.41) is 0.930. The first kappa shape index (κ1) is 17.3. The van der Waals surface area contributed by atoms with Crippen molar-refractivity contribution in [3.8, 4) is 0 Å². The quantitative estimate of drug-likeness (QED) is 0.619. The highest BCUT2D eigenvalue weighted by atomic mass is 32.1. The normalized spacial score (nSPS) is 13.9. The Hall–Kier alpha value is -1.03. The van der Waals surface area contributed by atoms with Gasteiger partial charge < -0.3 is 0 Å². The van der Waals surface area contributed by atoms with Gasteiger partial charge in [-0.25, -0.2) is 14.4 Å². The maximum atomic E-state index is 15.3. The van der Waals surface area contributed by atoms with Crippen LogP contribution >= 0.6 is 11.3 Å². The SMILES string of the molecule is CC(C)(C)c1nc2c(F)c(C(C)(C)C)c(C(C)(C)C)nc2s1. The van der Waals surface area contributed by atoms with E-state index in [-0.39, 0.29) is 22.1 Å². The van der Waals surface area contributed by atoms with Crippen LogP contribution in [0.3, 0.4) is 0 Å². The number of nitrogens with zero attached hydrogens (tertiary/aromatic N) is 2. The summed E-state index contributed by atoms with van der Waals surface area (Å²) in [6.07, 6.45) is 0. The van der Waals surface area contributed by atoms with Crippen molar-refractivity contribution in [1.29, 1.82) is 0 Å². The molecule has 122 valence electrons. The fourth-order valence-electron chi connectivity index (χ4n) is 2.46. The van der Waals surface area contributed by atoms with Gasteiger partial charge in [0.05, 0.1) is 5.69 Å². The van der Waals surface area contributed by atoms with Gasteiger partial charge in [0.1, 0.15) is 15.4 Å². The molecule has 0 amide bonds. The molecule has 0 aliphatic rings. The number of fused-ring (bicyclic) bond motifs is 1. The third-order valence-corrected chi connectivity index (χ3v) is 4.96. The van der Waals surface area contributed by atoms with Gasteiger partial charge in [-0.15, -0.1) is 0 Å². The minimum atomic E-state index is -0.306. The van der Waals surface area contributed by atoms with Crippen molar-refractivity contribution < 1.29 is 4.39 Å². The van der Waals surface area contributed by atoms with Crippen LogP contribution in [0.5, 0.6) is 0 Å². The molecule has 2 nitrogen and oxygen atoms in total. The average molecular weight is 322 g/mol. The smallest absolute Gasteiger partial charge is 0.157 e. The van der Waals surface area contributed by atoms with E-state index in [1.807, 2.05) is 20.8 Å². The molecule has 2 aromatic heterocycles. The molecule has 0 unspecified atom stereocenters. The van der Waals surface area contributed by atoms with Crippen LogP contribution in [0.4, 0.5) is 4.39 Å². The first-order valence-corrected chi connectivity index (χ1v) is 8.56. The van der Waals surface area contributed by atoms with E-state index in [0.717, 1.165) is 10.7 Å². The molecular weight excluding hydrogens is 295 g/mol. The minimum Gasteiger partial charge on any atom is -0.239 e. The highest BCUT2D eigenvalue weighted by Crippen LogP contribution is 2.39. The molecule has 0 aromatic carbocycles. The molecule has 22 heavy (non-hydrogen) atoms. The second-order valence-corrected chi connectivity index (χ2v) is 10.0. The highest BCUT2D eigenvalue weighted by Gasteiger charge is 2.33. The lowest BCUT2D eigenvalue weighted by atomic mass is 9.78. The van der Waals surface area contributed by atoms with Crippen LogP contribution in [0.1, 0.15) is 78.6 Å². The zero-order chi connectivity index (χ0) is 17.1. The summed E-state index contributed by atoms with van der Waals surface area (Å²) < 4.78 is 15.3. The number of thiazole rings is 1. The summed E-state index contributed by atoms with van der Waals surface area (Å²) in [5.41, 5.74) is 1.35. The third kappa shape index (κ3) is 3.03. The van der Waals surface area contributed by atoms with Crippen molar-refractivity contribution in [1.82, 2.24) is 9.97 Å². The number of pyridine rings is 1. The van der Waals surface area contributed by atoms with E-state index in [4.69, 9.17) is 4.98 Å². The molecule has 4 heteroatoms. The molecule has 0 saturated heterocycles.